The van der Waals surface area contributed by atoms with Crippen molar-refractivity contribution in [3.8, 4) is 5.88 Å². The average Bonchev–Trinajstić information content (AvgIpc) is 3.18. The lowest BCUT2D eigenvalue weighted by atomic mass is 10.2. The number of hydrogen-bond acceptors (Lipinski definition) is 6. The number of urea groups is 1. The van der Waals surface area contributed by atoms with Gasteiger partial charge in [-0.2, -0.15) is 0 Å². The van der Waals surface area contributed by atoms with Crippen molar-refractivity contribution in [1.29, 1.82) is 0 Å². The van der Waals surface area contributed by atoms with Gasteiger partial charge in [0.25, 0.3) is 0 Å². The molecule has 3 rings (SSSR count). The summed E-state index contributed by atoms with van der Waals surface area (Å²) < 4.78 is 5.87. The second-order valence-corrected chi connectivity index (χ2v) is 6.64. The number of ether oxygens (including phenoxy) is 1. The summed E-state index contributed by atoms with van der Waals surface area (Å²) in [5.74, 6) is 0.622. The van der Waals surface area contributed by atoms with Gasteiger partial charge >= 0.3 is 6.03 Å². The highest BCUT2D eigenvalue weighted by Gasteiger charge is 2.17. The van der Waals surface area contributed by atoms with Crippen LogP contribution in [0.15, 0.2) is 18.3 Å². The molecule has 0 radical (unpaired) electrons. The number of pyridine rings is 1. The molecule has 2 heterocycles. The maximum absolute atomic E-state index is 11.8. The Morgan fingerprint density at radius 2 is 2.22 bits per heavy atom. The molecule has 1 saturated carbocycles. The summed E-state index contributed by atoms with van der Waals surface area (Å²) in [6, 6.07) is 3.42. The van der Waals surface area contributed by atoms with Crippen LogP contribution >= 0.6 is 11.3 Å². The lowest BCUT2D eigenvalue weighted by molar-refractivity contribution is 0.201. The summed E-state index contributed by atoms with van der Waals surface area (Å²) in [6.45, 7) is 2.23. The topological polar surface area (TPSA) is 89.0 Å². The van der Waals surface area contributed by atoms with E-state index in [1.54, 1.807) is 6.20 Å². The predicted molar refractivity (Wildman–Crippen MR) is 87.6 cm³/mol. The summed E-state index contributed by atoms with van der Waals surface area (Å²) >= 11 is 1.33. The Balaban J connectivity index is 1.50. The first-order valence-electron chi connectivity index (χ1n) is 7.65. The summed E-state index contributed by atoms with van der Waals surface area (Å²) in [5.41, 5.74) is 0.941. The minimum Gasteiger partial charge on any atom is -0.474 e. The van der Waals surface area contributed by atoms with Gasteiger partial charge in [-0.3, -0.25) is 5.32 Å². The van der Waals surface area contributed by atoms with Crippen molar-refractivity contribution >= 4 is 22.5 Å². The average molecular weight is 333 g/mol. The predicted octanol–water partition coefficient (Wildman–Crippen LogP) is 2.88. The smallest absolute Gasteiger partial charge is 0.321 e. The standard InChI is InChI=1S/C15H19N5O2S/c1-10-19-20-15(23-10)18-14(21)17-9-11-6-7-16-13(8-11)22-12-4-2-3-5-12/h6-8,12H,2-5,9H2,1H3,(H2,17,18,20,21). The molecule has 0 spiro atoms. The number of nitrogens with one attached hydrogen (secondary N) is 2. The fraction of sp³-hybridized carbons (Fsp3) is 0.467. The van der Waals surface area contributed by atoms with Gasteiger partial charge in [-0.05, 0) is 44.2 Å². The van der Waals surface area contributed by atoms with Crippen molar-refractivity contribution in [2.24, 2.45) is 0 Å². The molecule has 0 atom stereocenters. The third-order valence-electron chi connectivity index (χ3n) is 3.59. The van der Waals surface area contributed by atoms with Crippen molar-refractivity contribution in [3.63, 3.8) is 0 Å². The Kier molecular flexibility index (Phi) is 5.02. The van der Waals surface area contributed by atoms with Gasteiger partial charge in [0, 0.05) is 18.8 Å². The quantitative estimate of drug-likeness (QED) is 0.878. The van der Waals surface area contributed by atoms with E-state index in [2.05, 4.69) is 25.8 Å². The van der Waals surface area contributed by atoms with E-state index in [9.17, 15) is 4.79 Å². The summed E-state index contributed by atoms with van der Waals surface area (Å²) in [6.07, 6.45) is 6.60. The zero-order valence-electron chi connectivity index (χ0n) is 12.9. The van der Waals surface area contributed by atoms with E-state index >= 15 is 0 Å². The molecule has 1 aliphatic rings. The molecular formula is C15H19N5O2S. The Morgan fingerprint density at radius 3 is 2.96 bits per heavy atom. The van der Waals surface area contributed by atoms with Crippen LogP contribution in [0.3, 0.4) is 0 Å². The van der Waals surface area contributed by atoms with E-state index in [0.29, 0.717) is 17.6 Å². The Hall–Kier alpha value is -2.22. The molecule has 7 nitrogen and oxygen atoms in total. The lowest BCUT2D eigenvalue weighted by Gasteiger charge is -2.12. The molecule has 122 valence electrons. The highest BCUT2D eigenvalue weighted by molar-refractivity contribution is 7.15. The molecule has 1 fully saturated rings. The van der Waals surface area contributed by atoms with Gasteiger partial charge in [-0.15, -0.1) is 10.2 Å². The van der Waals surface area contributed by atoms with E-state index in [4.69, 9.17) is 4.74 Å². The fourth-order valence-electron chi connectivity index (χ4n) is 2.47. The van der Waals surface area contributed by atoms with Gasteiger partial charge < -0.3 is 10.1 Å². The van der Waals surface area contributed by atoms with Gasteiger partial charge in [0.15, 0.2) is 0 Å². The van der Waals surface area contributed by atoms with Gasteiger partial charge in [0.2, 0.25) is 11.0 Å². The van der Waals surface area contributed by atoms with Crippen LogP contribution in [0.1, 0.15) is 36.3 Å². The van der Waals surface area contributed by atoms with Crippen molar-refractivity contribution in [1.82, 2.24) is 20.5 Å². The Bertz CT molecular complexity index is 669. The number of aromatic nitrogens is 3. The summed E-state index contributed by atoms with van der Waals surface area (Å²) in [4.78, 5) is 16.1. The molecule has 0 aromatic carbocycles. The second-order valence-electron chi connectivity index (χ2n) is 5.46. The first kappa shape index (κ1) is 15.7. The number of amides is 2. The van der Waals surface area contributed by atoms with Gasteiger partial charge in [0.1, 0.15) is 11.1 Å². The van der Waals surface area contributed by atoms with E-state index in [0.717, 1.165) is 23.4 Å². The number of rotatable bonds is 5. The zero-order chi connectivity index (χ0) is 16.1. The lowest BCUT2D eigenvalue weighted by Crippen LogP contribution is -2.28. The van der Waals surface area contributed by atoms with Crippen LogP contribution in [0.25, 0.3) is 0 Å². The van der Waals surface area contributed by atoms with Crippen molar-refractivity contribution in [3.05, 3.63) is 28.9 Å². The second kappa shape index (κ2) is 7.36. The highest BCUT2D eigenvalue weighted by Crippen LogP contribution is 2.23. The number of aryl methyl sites for hydroxylation is 1. The normalized spacial score (nSPS) is 14.7. The van der Waals surface area contributed by atoms with E-state index < -0.39 is 0 Å². The Morgan fingerprint density at radius 1 is 1.39 bits per heavy atom. The molecule has 8 heteroatoms. The third kappa shape index (κ3) is 4.62. The molecule has 0 aliphatic heterocycles. The molecule has 2 aromatic heterocycles. The Labute approximate surface area is 138 Å². The van der Waals surface area contributed by atoms with Crippen LogP contribution < -0.4 is 15.4 Å². The minimum atomic E-state index is -0.309. The minimum absolute atomic E-state index is 0.273. The number of nitrogens with zero attached hydrogens (tertiary/aromatic N) is 3. The molecule has 2 aromatic rings. The summed E-state index contributed by atoms with van der Waals surface area (Å²) in [5, 5.41) is 14.4. The molecule has 23 heavy (non-hydrogen) atoms. The molecule has 0 saturated heterocycles. The van der Waals surface area contributed by atoms with E-state index in [-0.39, 0.29) is 12.1 Å². The van der Waals surface area contributed by atoms with Crippen molar-refractivity contribution in [2.75, 3.05) is 5.32 Å². The van der Waals surface area contributed by atoms with Crippen LogP contribution in [-0.2, 0) is 6.54 Å². The van der Waals surface area contributed by atoms with Crippen LogP contribution in [0.5, 0.6) is 5.88 Å². The number of carbonyl (C=O) groups is 1. The zero-order valence-corrected chi connectivity index (χ0v) is 13.7. The van der Waals surface area contributed by atoms with Gasteiger partial charge in [-0.1, -0.05) is 11.3 Å². The van der Waals surface area contributed by atoms with Gasteiger partial charge in [-0.25, -0.2) is 9.78 Å². The molecule has 1 aliphatic carbocycles. The van der Waals surface area contributed by atoms with Crippen molar-refractivity contribution in [2.45, 2.75) is 45.3 Å². The maximum Gasteiger partial charge on any atom is 0.321 e. The largest absolute Gasteiger partial charge is 0.474 e. The maximum atomic E-state index is 11.8. The molecule has 0 bridgehead atoms. The number of anilines is 1. The van der Waals surface area contributed by atoms with Gasteiger partial charge in [0.05, 0.1) is 0 Å². The third-order valence-corrected chi connectivity index (χ3v) is 4.34. The molecular weight excluding hydrogens is 314 g/mol. The van der Waals surface area contributed by atoms with Crippen molar-refractivity contribution < 1.29 is 9.53 Å². The number of carbonyl (C=O) groups excluding carboxylic acids is 1. The molecule has 2 amide bonds. The van der Waals surface area contributed by atoms with E-state index in [1.165, 1.54) is 24.2 Å². The SMILES string of the molecule is Cc1nnc(NC(=O)NCc2ccnc(OC3CCCC3)c2)s1. The fourth-order valence-corrected chi connectivity index (χ4v) is 3.06. The van der Waals surface area contributed by atoms with Crippen LogP contribution in [0, 0.1) is 6.92 Å². The summed E-state index contributed by atoms with van der Waals surface area (Å²) in [7, 11) is 0. The first-order chi connectivity index (χ1) is 11.2. The number of hydrogen-bond donors (Lipinski definition) is 2. The molecule has 0 unspecified atom stereocenters. The van der Waals surface area contributed by atoms with Crippen LogP contribution in [0.2, 0.25) is 0 Å². The van der Waals surface area contributed by atoms with E-state index in [1.807, 2.05) is 19.1 Å². The van der Waals surface area contributed by atoms with Crippen LogP contribution in [-0.4, -0.2) is 27.3 Å². The monoisotopic (exact) mass is 333 g/mol. The van der Waals surface area contributed by atoms with Crippen LogP contribution in [0.4, 0.5) is 9.93 Å². The first-order valence-corrected chi connectivity index (χ1v) is 8.47. The highest BCUT2D eigenvalue weighted by atomic mass is 32.1. The molecule has 2 N–H and O–H groups in total.